The second-order valence-corrected chi connectivity index (χ2v) is 8.87. The van der Waals surface area contributed by atoms with Gasteiger partial charge in [0, 0.05) is 37.7 Å². The normalized spacial score (nSPS) is 16.0. The highest BCUT2D eigenvalue weighted by atomic mass is 32.1. The van der Waals surface area contributed by atoms with E-state index < -0.39 is 0 Å². The van der Waals surface area contributed by atoms with Gasteiger partial charge in [-0.2, -0.15) is 0 Å². The van der Waals surface area contributed by atoms with Crippen LogP contribution in [0, 0.1) is 5.82 Å². The van der Waals surface area contributed by atoms with Gasteiger partial charge in [-0.25, -0.2) is 4.39 Å². The molecule has 2 amide bonds. The first kappa shape index (κ1) is 21.3. The number of likely N-dealkylation sites (N-methyl/N-ethyl adjacent to an activating group) is 1. The van der Waals surface area contributed by atoms with Crippen LogP contribution in [-0.4, -0.2) is 54.9 Å². The molecule has 1 aliphatic rings. The van der Waals surface area contributed by atoms with Gasteiger partial charge in [0.2, 0.25) is 5.91 Å². The van der Waals surface area contributed by atoms with Gasteiger partial charge in [-0.15, -0.1) is 11.3 Å². The van der Waals surface area contributed by atoms with Crippen LogP contribution in [-0.2, 0) is 4.79 Å². The van der Waals surface area contributed by atoms with Crippen molar-refractivity contribution < 1.29 is 18.7 Å². The summed E-state index contributed by atoms with van der Waals surface area (Å²) in [4.78, 5) is 29.4. The van der Waals surface area contributed by atoms with Crippen molar-refractivity contribution in [3.63, 3.8) is 0 Å². The molecule has 1 saturated heterocycles. The monoisotopic (exact) mass is 440 g/mol. The summed E-state index contributed by atoms with van der Waals surface area (Å²) in [6.45, 7) is 3.69. The Hall–Kier alpha value is -2.93. The average Bonchev–Trinajstić information content (AvgIpc) is 3.39. The van der Waals surface area contributed by atoms with E-state index >= 15 is 0 Å². The fourth-order valence-electron chi connectivity index (χ4n) is 4.02. The minimum atomic E-state index is -0.313. The van der Waals surface area contributed by atoms with Gasteiger partial charge in [-0.05, 0) is 47.7 Å². The molecule has 0 radical (unpaired) electrons. The van der Waals surface area contributed by atoms with Gasteiger partial charge in [0.05, 0.1) is 11.4 Å². The maximum atomic E-state index is 13.3. The number of halogens is 1. The zero-order valence-corrected chi connectivity index (χ0v) is 18.5. The average molecular weight is 441 g/mol. The molecule has 1 atom stereocenters. The molecule has 0 spiro atoms. The molecule has 162 valence electrons. The zero-order valence-electron chi connectivity index (χ0n) is 17.6. The third kappa shape index (κ3) is 4.56. The first-order chi connectivity index (χ1) is 14.9. The molecule has 3 aromatic rings. The molecular weight excluding hydrogens is 415 g/mol. The van der Waals surface area contributed by atoms with E-state index in [1.807, 2.05) is 23.1 Å². The highest BCUT2D eigenvalue weighted by molar-refractivity contribution is 7.21. The number of carbonyl (C=O) groups is 2. The van der Waals surface area contributed by atoms with Crippen molar-refractivity contribution >= 4 is 33.2 Å². The topological polar surface area (TPSA) is 49.9 Å². The lowest BCUT2D eigenvalue weighted by atomic mass is 9.95. The number of hydrogen-bond donors (Lipinski definition) is 0. The van der Waals surface area contributed by atoms with Crippen molar-refractivity contribution in [3.8, 4) is 5.75 Å². The SMILES string of the molecule is CC(=O)N1CC[C@H](c2c(C(=O)N(C)CCOc3ccc(F)cc3)sc3ccccc23)C1. The van der Waals surface area contributed by atoms with Gasteiger partial charge < -0.3 is 14.5 Å². The molecule has 31 heavy (non-hydrogen) atoms. The summed E-state index contributed by atoms with van der Waals surface area (Å²) in [7, 11) is 1.76. The fourth-order valence-corrected chi connectivity index (χ4v) is 5.30. The van der Waals surface area contributed by atoms with Gasteiger partial charge in [-0.3, -0.25) is 9.59 Å². The molecule has 0 N–H and O–H groups in total. The van der Waals surface area contributed by atoms with Crippen LogP contribution in [0.3, 0.4) is 0 Å². The van der Waals surface area contributed by atoms with E-state index in [9.17, 15) is 14.0 Å². The van der Waals surface area contributed by atoms with E-state index in [-0.39, 0.29) is 23.5 Å². The Bertz CT molecular complexity index is 1100. The van der Waals surface area contributed by atoms with Crippen LogP contribution in [0.2, 0.25) is 0 Å². The Labute approximate surface area is 185 Å². The van der Waals surface area contributed by atoms with E-state index in [4.69, 9.17) is 4.74 Å². The molecule has 7 heteroatoms. The number of nitrogens with zero attached hydrogens (tertiary/aromatic N) is 2. The molecule has 1 aliphatic heterocycles. The number of thiophene rings is 1. The lowest BCUT2D eigenvalue weighted by molar-refractivity contribution is -0.127. The molecule has 0 saturated carbocycles. The second-order valence-electron chi connectivity index (χ2n) is 7.82. The number of rotatable bonds is 6. The quantitative estimate of drug-likeness (QED) is 0.566. The van der Waals surface area contributed by atoms with Crippen molar-refractivity contribution in [2.75, 3.05) is 33.3 Å². The Morgan fingerprint density at radius 1 is 1.19 bits per heavy atom. The highest BCUT2D eigenvalue weighted by Gasteiger charge is 2.32. The van der Waals surface area contributed by atoms with E-state index in [2.05, 4.69) is 6.07 Å². The Morgan fingerprint density at radius 3 is 2.65 bits per heavy atom. The van der Waals surface area contributed by atoms with Crippen LogP contribution in [0.25, 0.3) is 10.1 Å². The van der Waals surface area contributed by atoms with E-state index in [0.29, 0.717) is 25.4 Å². The Morgan fingerprint density at radius 2 is 1.94 bits per heavy atom. The smallest absolute Gasteiger partial charge is 0.264 e. The molecule has 1 aromatic heterocycles. The number of ether oxygens (including phenoxy) is 1. The molecule has 5 nitrogen and oxygen atoms in total. The standard InChI is InChI=1S/C24H25FN2O3S/c1-16(28)27-12-11-17(15-27)22-20-5-3-4-6-21(20)31-23(22)24(29)26(2)13-14-30-19-9-7-18(25)8-10-19/h3-10,17H,11-15H2,1-2H3/t17-/m0/s1. The summed E-state index contributed by atoms with van der Waals surface area (Å²) in [6, 6.07) is 13.9. The van der Waals surface area contributed by atoms with E-state index in [1.54, 1.807) is 31.0 Å². The summed E-state index contributed by atoms with van der Waals surface area (Å²) < 4.78 is 19.8. The second kappa shape index (κ2) is 9.06. The predicted molar refractivity (Wildman–Crippen MR) is 120 cm³/mol. The van der Waals surface area contributed by atoms with Crippen molar-refractivity contribution in [3.05, 3.63) is 64.8 Å². The van der Waals surface area contributed by atoms with E-state index in [0.717, 1.165) is 33.5 Å². The molecule has 1 fully saturated rings. The molecule has 0 unspecified atom stereocenters. The molecule has 0 bridgehead atoms. The number of hydrogen-bond acceptors (Lipinski definition) is 4. The summed E-state index contributed by atoms with van der Waals surface area (Å²) >= 11 is 1.51. The van der Waals surface area contributed by atoms with Crippen molar-refractivity contribution in [1.29, 1.82) is 0 Å². The van der Waals surface area contributed by atoms with Gasteiger partial charge in [0.25, 0.3) is 5.91 Å². The van der Waals surface area contributed by atoms with Crippen molar-refractivity contribution in [1.82, 2.24) is 9.80 Å². The van der Waals surface area contributed by atoms with Crippen LogP contribution in [0.15, 0.2) is 48.5 Å². The summed E-state index contributed by atoms with van der Waals surface area (Å²) in [5.41, 5.74) is 1.06. The summed E-state index contributed by atoms with van der Waals surface area (Å²) in [6.07, 6.45) is 0.859. The lowest BCUT2D eigenvalue weighted by Gasteiger charge is -2.19. The number of likely N-dealkylation sites (tertiary alicyclic amines) is 1. The summed E-state index contributed by atoms with van der Waals surface area (Å²) in [5.74, 6) is 0.445. The first-order valence-electron chi connectivity index (χ1n) is 10.3. The molecule has 4 rings (SSSR count). The zero-order chi connectivity index (χ0) is 22.0. The molecular formula is C24H25FN2O3S. The van der Waals surface area contributed by atoms with Crippen LogP contribution >= 0.6 is 11.3 Å². The molecule has 2 heterocycles. The van der Waals surface area contributed by atoms with E-state index in [1.165, 1.54) is 23.5 Å². The van der Waals surface area contributed by atoms with Crippen LogP contribution in [0.5, 0.6) is 5.75 Å². The van der Waals surface area contributed by atoms with Crippen LogP contribution in [0.1, 0.15) is 34.5 Å². The largest absolute Gasteiger partial charge is 0.492 e. The van der Waals surface area contributed by atoms with Gasteiger partial charge in [0.15, 0.2) is 0 Å². The molecule has 2 aromatic carbocycles. The minimum Gasteiger partial charge on any atom is -0.492 e. The number of benzene rings is 2. The fraction of sp³-hybridized carbons (Fsp3) is 0.333. The predicted octanol–water partition coefficient (Wildman–Crippen LogP) is 4.53. The minimum absolute atomic E-state index is 0.0415. The van der Waals surface area contributed by atoms with Crippen LogP contribution in [0.4, 0.5) is 4.39 Å². The third-order valence-corrected chi connectivity index (χ3v) is 6.90. The molecule has 0 aliphatic carbocycles. The lowest BCUT2D eigenvalue weighted by Crippen LogP contribution is -2.31. The van der Waals surface area contributed by atoms with Crippen molar-refractivity contribution in [2.24, 2.45) is 0 Å². The highest BCUT2D eigenvalue weighted by Crippen LogP contribution is 2.40. The number of carbonyl (C=O) groups excluding carboxylic acids is 2. The van der Waals surface area contributed by atoms with Gasteiger partial charge >= 0.3 is 0 Å². The Kier molecular flexibility index (Phi) is 6.23. The number of amides is 2. The maximum absolute atomic E-state index is 13.3. The van der Waals surface area contributed by atoms with Gasteiger partial charge in [-0.1, -0.05) is 18.2 Å². The maximum Gasteiger partial charge on any atom is 0.264 e. The Balaban J connectivity index is 1.51. The first-order valence-corrected chi connectivity index (χ1v) is 11.2. The van der Waals surface area contributed by atoms with Gasteiger partial charge in [0.1, 0.15) is 18.2 Å². The van der Waals surface area contributed by atoms with Crippen molar-refractivity contribution in [2.45, 2.75) is 19.3 Å². The third-order valence-electron chi connectivity index (χ3n) is 5.73. The summed E-state index contributed by atoms with van der Waals surface area (Å²) in [5, 5.41) is 1.10. The van der Waals surface area contributed by atoms with Crippen LogP contribution < -0.4 is 4.74 Å². The number of fused-ring (bicyclic) bond motifs is 1.